The topological polar surface area (TPSA) is 85.3 Å². The van der Waals surface area contributed by atoms with Gasteiger partial charge in [-0.05, 0) is 48.9 Å². The van der Waals surface area contributed by atoms with E-state index in [1.807, 2.05) is 13.0 Å². The number of carbonyl (C=O) groups excluding carboxylic acids is 1. The van der Waals surface area contributed by atoms with Crippen molar-refractivity contribution < 1.29 is 22.5 Å². The summed E-state index contributed by atoms with van der Waals surface area (Å²) in [6.45, 7) is 1.83. The highest BCUT2D eigenvalue weighted by atomic mass is 19.4. The van der Waals surface area contributed by atoms with Crippen molar-refractivity contribution in [2.45, 2.75) is 13.1 Å². The number of benzene rings is 2. The van der Waals surface area contributed by atoms with Gasteiger partial charge in [0.1, 0.15) is 11.3 Å². The van der Waals surface area contributed by atoms with E-state index in [0.717, 1.165) is 17.7 Å². The number of fused-ring (bicyclic) bond motifs is 1. The second-order valence-corrected chi connectivity index (χ2v) is 7.56. The Morgan fingerprint density at radius 3 is 2.71 bits per heavy atom. The number of nitrogens with one attached hydrogen (secondary N) is 1. The minimum absolute atomic E-state index is 0.0259. The molecule has 0 bridgehead atoms. The smallest absolute Gasteiger partial charge is 0.334 e. The molecule has 0 saturated heterocycles. The minimum Gasteiger partial charge on any atom is -0.334 e. The summed E-state index contributed by atoms with van der Waals surface area (Å²) in [5.41, 5.74) is 2.21. The first-order valence-corrected chi connectivity index (χ1v) is 10.2. The molecule has 3 aromatic heterocycles. The fraction of sp³-hybridized carbons (Fsp3) is 0.0833. The van der Waals surface area contributed by atoms with Crippen molar-refractivity contribution in [1.82, 2.24) is 19.5 Å². The zero-order chi connectivity index (χ0) is 23.9. The molecule has 170 valence electrons. The second kappa shape index (κ2) is 8.14. The molecule has 5 aromatic rings. The number of aryl methyl sites for hydroxylation is 1. The van der Waals surface area contributed by atoms with E-state index in [4.69, 9.17) is 4.52 Å². The first-order chi connectivity index (χ1) is 16.3. The molecule has 2 aromatic carbocycles. The third-order valence-electron chi connectivity index (χ3n) is 5.26. The number of alkyl halides is 3. The van der Waals surface area contributed by atoms with Gasteiger partial charge in [0.15, 0.2) is 0 Å². The first-order valence-electron chi connectivity index (χ1n) is 10.2. The quantitative estimate of drug-likeness (QED) is 0.373. The van der Waals surface area contributed by atoms with Crippen molar-refractivity contribution in [2.75, 3.05) is 5.32 Å². The average Bonchev–Trinajstić information content (AvgIpc) is 3.48. The van der Waals surface area contributed by atoms with Gasteiger partial charge < -0.3 is 9.84 Å². The maximum atomic E-state index is 13.0. The molecule has 0 spiro atoms. The molecule has 34 heavy (non-hydrogen) atoms. The lowest BCUT2D eigenvalue weighted by atomic mass is 10.1. The number of rotatable bonds is 4. The van der Waals surface area contributed by atoms with Gasteiger partial charge in [0.05, 0.1) is 11.8 Å². The molecular formula is C24H16F3N5O2. The molecule has 3 heterocycles. The second-order valence-electron chi connectivity index (χ2n) is 7.56. The van der Waals surface area contributed by atoms with Crippen LogP contribution >= 0.6 is 0 Å². The molecule has 0 radical (unpaired) electrons. The molecule has 5 rings (SSSR count). The van der Waals surface area contributed by atoms with Crippen LogP contribution in [0, 0.1) is 6.92 Å². The molecule has 1 amide bonds. The van der Waals surface area contributed by atoms with Gasteiger partial charge in [0.25, 0.3) is 11.8 Å². The fourth-order valence-electron chi connectivity index (χ4n) is 3.47. The molecule has 0 aliphatic heterocycles. The van der Waals surface area contributed by atoms with Crippen molar-refractivity contribution >= 4 is 17.2 Å². The standard InChI is InChI=1S/C24H16F3N5O2/c1-14-8-9-16(12-18(14)29-22(33)19-13-28-20-7-2-3-10-32(19)20)23-30-21(31-34-23)15-5-4-6-17(11-15)24(25,26)27/h2-13H,1H3,(H,29,33). The Hall–Kier alpha value is -4.47. The Balaban J connectivity index is 1.43. The van der Waals surface area contributed by atoms with Gasteiger partial charge >= 0.3 is 6.18 Å². The van der Waals surface area contributed by atoms with E-state index in [2.05, 4.69) is 20.4 Å². The van der Waals surface area contributed by atoms with E-state index in [1.165, 1.54) is 18.3 Å². The van der Waals surface area contributed by atoms with Gasteiger partial charge in [-0.3, -0.25) is 9.20 Å². The summed E-state index contributed by atoms with van der Waals surface area (Å²) in [4.78, 5) is 21.3. The number of aromatic nitrogens is 4. The number of hydrogen-bond acceptors (Lipinski definition) is 5. The van der Waals surface area contributed by atoms with Gasteiger partial charge in [-0.25, -0.2) is 4.98 Å². The summed E-state index contributed by atoms with van der Waals surface area (Å²) >= 11 is 0. The SMILES string of the molecule is Cc1ccc(-c2nc(-c3cccc(C(F)(F)F)c3)no2)cc1NC(=O)c1cnc2ccccn12. The number of nitrogens with zero attached hydrogens (tertiary/aromatic N) is 4. The van der Waals surface area contributed by atoms with Crippen molar-refractivity contribution in [1.29, 1.82) is 0 Å². The number of carbonyl (C=O) groups is 1. The molecule has 1 N–H and O–H groups in total. The molecule has 0 aliphatic carbocycles. The van der Waals surface area contributed by atoms with E-state index in [9.17, 15) is 18.0 Å². The fourth-order valence-corrected chi connectivity index (χ4v) is 3.47. The average molecular weight is 463 g/mol. The molecule has 0 aliphatic rings. The van der Waals surface area contributed by atoms with Crippen molar-refractivity contribution in [2.24, 2.45) is 0 Å². The van der Waals surface area contributed by atoms with E-state index in [0.29, 0.717) is 22.6 Å². The predicted molar refractivity (Wildman–Crippen MR) is 118 cm³/mol. The van der Waals surface area contributed by atoms with Crippen LogP contribution in [0.2, 0.25) is 0 Å². The minimum atomic E-state index is -4.48. The van der Waals surface area contributed by atoms with Crippen LogP contribution in [0.1, 0.15) is 21.6 Å². The van der Waals surface area contributed by atoms with E-state index in [-0.39, 0.29) is 23.2 Å². The lowest BCUT2D eigenvalue weighted by Gasteiger charge is -2.09. The summed E-state index contributed by atoms with van der Waals surface area (Å²) in [7, 11) is 0. The van der Waals surface area contributed by atoms with E-state index >= 15 is 0 Å². The Morgan fingerprint density at radius 1 is 1.03 bits per heavy atom. The van der Waals surface area contributed by atoms with Crippen LogP contribution in [-0.4, -0.2) is 25.4 Å². The van der Waals surface area contributed by atoms with Gasteiger partial charge in [-0.1, -0.05) is 29.4 Å². The molecule has 0 fully saturated rings. The zero-order valence-corrected chi connectivity index (χ0v) is 17.7. The number of amides is 1. The highest BCUT2D eigenvalue weighted by Gasteiger charge is 2.30. The number of halogens is 3. The highest BCUT2D eigenvalue weighted by Crippen LogP contribution is 2.32. The largest absolute Gasteiger partial charge is 0.416 e. The van der Waals surface area contributed by atoms with Crippen LogP contribution in [-0.2, 0) is 6.18 Å². The summed E-state index contributed by atoms with van der Waals surface area (Å²) in [5.74, 6) is -0.218. The number of pyridine rings is 1. The zero-order valence-electron chi connectivity index (χ0n) is 17.7. The van der Waals surface area contributed by atoms with Crippen LogP contribution in [0.15, 0.2) is 77.6 Å². The van der Waals surface area contributed by atoms with Crippen LogP contribution in [0.4, 0.5) is 18.9 Å². The predicted octanol–water partition coefficient (Wildman–Crippen LogP) is 5.63. The first kappa shape index (κ1) is 21.4. The summed E-state index contributed by atoms with van der Waals surface area (Å²) in [6.07, 6.45) is -1.25. The van der Waals surface area contributed by atoms with E-state index < -0.39 is 11.7 Å². The van der Waals surface area contributed by atoms with E-state index in [1.54, 1.807) is 40.9 Å². The molecule has 7 nitrogen and oxygen atoms in total. The van der Waals surface area contributed by atoms with Gasteiger partial charge in [0.2, 0.25) is 5.82 Å². The van der Waals surface area contributed by atoms with Gasteiger partial charge in [-0.15, -0.1) is 0 Å². The number of anilines is 1. The molecule has 0 unspecified atom stereocenters. The molecule has 10 heteroatoms. The van der Waals surface area contributed by atoms with Crippen molar-refractivity contribution in [3.05, 3.63) is 89.9 Å². The Kier molecular flexibility index (Phi) is 5.12. The highest BCUT2D eigenvalue weighted by molar-refractivity contribution is 6.04. The lowest BCUT2D eigenvalue weighted by Crippen LogP contribution is -2.15. The van der Waals surface area contributed by atoms with Crippen molar-refractivity contribution in [3.63, 3.8) is 0 Å². The summed E-state index contributed by atoms with van der Waals surface area (Å²) in [5, 5.41) is 6.68. The third-order valence-corrected chi connectivity index (χ3v) is 5.26. The molecule has 0 saturated carbocycles. The summed E-state index contributed by atoms with van der Waals surface area (Å²) < 4.78 is 46.0. The normalized spacial score (nSPS) is 11.6. The van der Waals surface area contributed by atoms with Crippen LogP contribution in [0.25, 0.3) is 28.5 Å². The molecular weight excluding hydrogens is 447 g/mol. The molecule has 0 atom stereocenters. The Bertz CT molecular complexity index is 1520. The van der Waals surface area contributed by atoms with Crippen LogP contribution in [0.3, 0.4) is 0 Å². The van der Waals surface area contributed by atoms with Crippen LogP contribution < -0.4 is 5.32 Å². The maximum Gasteiger partial charge on any atom is 0.416 e. The third kappa shape index (κ3) is 4.01. The Labute approximate surface area is 190 Å². The summed E-state index contributed by atoms with van der Waals surface area (Å²) in [6, 6.07) is 15.3. The van der Waals surface area contributed by atoms with Gasteiger partial charge in [-0.2, -0.15) is 18.2 Å². The van der Waals surface area contributed by atoms with Gasteiger partial charge in [0, 0.05) is 23.0 Å². The maximum absolute atomic E-state index is 13.0. The number of imidazole rings is 1. The Morgan fingerprint density at radius 2 is 1.88 bits per heavy atom. The van der Waals surface area contributed by atoms with Crippen LogP contribution in [0.5, 0.6) is 0 Å². The van der Waals surface area contributed by atoms with Crippen molar-refractivity contribution in [3.8, 4) is 22.8 Å². The monoisotopic (exact) mass is 463 g/mol. The number of hydrogen-bond donors (Lipinski definition) is 1. The lowest BCUT2D eigenvalue weighted by molar-refractivity contribution is -0.137.